The van der Waals surface area contributed by atoms with Crippen LogP contribution in [0.1, 0.15) is 31.7 Å². The molecule has 0 aromatic heterocycles. The lowest BCUT2D eigenvalue weighted by Gasteiger charge is -2.54. The zero-order chi connectivity index (χ0) is 26.1. The SMILES string of the molecule is C#CCN1CC(=O)N2C(CCC(=O)O)C(=O)N(CCCOCC)C[C@@H]2N1C(=O)NCc1ccccc1. The Balaban J connectivity index is 1.88. The van der Waals surface area contributed by atoms with Gasteiger partial charge in [-0.25, -0.2) is 9.80 Å². The van der Waals surface area contributed by atoms with Crippen molar-refractivity contribution in [2.45, 2.75) is 44.9 Å². The van der Waals surface area contributed by atoms with Gasteiger partial charge in [0.05, 0.1) is 19.6 Å². The average Bonchev–Trinajstić information content (AvgIpc) is 2.86. The van der Waals surface area contributed by atoms with E-state index in [1.54, 1.807) is 4.90 Å². The smallest absolute Gasteiger partial charge is 0.334 e. The molecule has 0 radical (unpaired) electrons. The van der Waals surface area contributed by atoms with Crippen molar-refractivity contribution in [2.24, 2.45) is 0 Å². The number of nitrogens with zero attached hydrogens (tertiary/aromatic N) is 4. The Morgan fingerprint density at radius 1 is 1.25 bits per heavy atom. The Hall–Kier alpha value is -3.62. The number of terminal acetylenes is 1. The summed E-state index contributed by atoms with van der Waals surface area (Å²) in [5, 5.41) is 15.0. The Kier molecular flexibility index (Phi) is 9.67. The van der Waals surface area contributed by atoms with Gasteiger partial charge in [0.1, 0.15) is 12.2 Å². The van der Waals surface area contributed by atoms with Gasteiger partial charge in [0.25, 0.3) is 0 Å². The highest BCUT2D eigenvalue weighted by molar-refractivity contribution is 5.91. The van der Waals surface area contributed by atoms with Crippen LogP contribution >= 0.6 is 0 Å². The van der Waals surface area contributed by atoms with E-state index in [0.29, 0.717) is 26.2 Å². The van der Waals surface area contributed by atoms with E-state index in [4.69, 9.17) is 11.2 Å². The second-order valence-electron chi connectivity index (χ2n) is 8.58. The maximum Gasteiger partial charge on any atom is 0.334 e. The molecule has 2 atom stereocenters. The van der Waals surface area contributed by atoms with Crippen LogP contribution in [0, 0.1) is 12.3 Å². The summed E-state index contributed by atoms with van der Waals surface area (Å²) in [6.07, 6.45) is 4.95. The van der Waals surface area contributed by atoms with Gasteiger partial charge >= 0.3 is 12.0 Å². The summed E-state index contributed by atoms with van der Waals surface area (Å²) >= 11 is 0. The zero-order valence-corrected chi connectivity index (χ0v) is 20.5. The Morgan fingerprint density at radius 2 is 2.00 bits per heavy atom. The average molecular weight is 500 g/mol. The number of rotatable bonds is 11. The van der Waals surface area contributed by atoms with Gasteiger partial charge in [0, 0.05) is 32.7 Å². The number of amides is 4. The number of hydrazine groups is 1. The molecular formula is C25H33N5O6. The first kappa shape index (κ1) is 27.0. The second kappa shape index (κ2) is 12.9. The number of urea groups is 1. The number of aliphatic carboxylic acids is 1. The first-order valence-electron chi connectivity index (χ1n) is 12.1. The number of piperazine rings is 1. The van der Waals surface area contributed by atoms with Crippen molar-refractivity contribution in [3.8, 4) is 12.3 Å². The van der Waals surface area contributed by atoms with Crippen LogP contribution in [-0.2, 0) is 25.7 Å². The van der Waals surface area contributed by atoms with Gasteiger partial charge in [-0.15, -0.1) is 6.42 Å². The normalized spacial score (nSPS) is 20.2. The predicted octanol–water partition coefficient (Wildman–Crippen LogP) is 0.719. The van der Waals surface area contributed by atoms with Crippen molar-refractivity contribution in [3.05, 3.63) is 35.9 Å². The summed E-state index contributed by atoms with van der Waals surface area (Å²) in [5.74, 6) is 0.723. The molecule has 2 saturated heterocycles. The van der Waals surface area contributed by atoms with Crippen molar-refractivity contribution < 1.29 is 29.0 Å². The molecule has 2 N–H and O–H groups in total. The van der Waals surface area contributed by atoms with E-state index in [1.807, 2.05) is 37.3 Å². The molecule has 11 nitrogen and oxygen atoms in total. The number of benzene rings is 1. The summed E-state index contributed by atoms with van der Waals surface area (Å²) in [5.41, 5.74) is 0.898. The third-order valence-corrected chi connectivity index (χ3v) is 6.15. The first-order valence-corrected chi connectivity index (χ1v) is 12.1. The van der Waals surface area contributed by atoms with Gasteiger partial charge in [-0.1, -0.05) is 36.3 Å². The highest BCUT2D eigenvalue weighted by atomic mass is 16.5. The molecule has 0 saturated carbocycles. The monoisotopic (exact) mass is 499 g/mol. The van der Waals surface area contributed by atoms with E-state index < -0.39 is 24.2 Å². The van der Waals surface area contributed by atoms with E-state index in [9.17, 15) is 24.3 Å². The number of carboxylic acid groups (broad SMARTS) is 1. The summed E-state index contributed by atoms with van der Waals surface area (Å²) < 4.78 is 5.39. The number of nitrogens with one attached hydrogen (secondary N) is 1. The van der Waals surface area contributed by atoms with Gasteiger partial charge in [-0.2, -0.15) is 5.01 Å². The van der Waals surface area contributed by atoms with Crippen LogP contribution in [0.3, 0.4) is 0 Å². The zero-order valence-electron chi connectivity index (χ0n) is 20.5. The molecule has 2 fully saturated rings. The van der Waals surface area contributed by atoms with Crippen molar-refractivity contribution in [1.29, 1.82) is 0 Å². The molecule has 11 heteroatoms. The van der Waals surface area contributed by atoms with Crippen LogP contribution in [0.4, 0.5) is 4.79 Å². The third kappa shape index (κ3) is 6.53. The highest BCUT2D eigenvalue weighted by Crippen LogP contribution is 2.28. The number of hydrogen-bond donors (Lipinski definition) is 2. The summed E-state index contributed by atoms with van der Waals surface area (Å²) in [6, 6.07) is 7.93. The second-order valence-corrected chi connectivity index (χ2v) is 8.58. The van der Waals surface area contributed by atoms with Crippen molar-refractivity contribution >= 4 is 23.8 Å². The fourth-order valence-electron chi connectivity index (χ4n) is 4.53. The van der Waals surface area contributed by atoms with E-state index in [1.165, 1.54) is 14.9 Å². The van der Waals surface area contributed by atoms with Crippen LogP contribution in [0.15, 0.2) is 30.3 Å². The molecule has 4 amide bonds. The van der Waals surface area contributed by atoms with Gasteiger partial charge < -0.3 is 25.0 Å². The Morgan fingerprint density at radius 3 is 2.67 bits per heavy atom. The molecule has 194 valence electrons. The standard InChI is InChI=1S/C25H33N5O6/c1-3-13-28-18-22(31)29-20(11-12-23(32)33)24(34)27(14-8-15-36-4-2)17-21(29)30(28)25(35)26-16-19-9-6-5-7-10-19/h1,5-7,9-10,20-21H,4,8,11-18H2,2H3,(H,26,35)(H,32,33)/t20?,21-/m0/s1. The number of carboxylic acids is 1. The lowest BCUT2D eigenvalue weighted by molar-refractivity contribution is -0.189. The molecule has 3 rings (SSSR count). The lowest BCUT2D eigenvalue weighted by Crippen LogP contribution is -2.76. The number of carbonyl (C=O) groups is 4. The molecule has 0 aliphatic carbocycles. The number of carbonyl (C=O) groups excluding carboxylic acids is 3. The molecule has 2 heterocycles. The minimum atomic E-state index is -1.07. The van der Waals surface area contributed by atoms with E-state index >= 15 is 0 Å². The highest BCUT2D eigenvalue weighted by Gasteiger charge is 2.51. The van der Waals surface area contributed by atoms with E-state index in [-0.39, 0.29) is 50.8 Å². The Labute approximate surface area is 210 Å². The van der Waals surface area contributed by atoms with Crippen molar-refractivity contribution in [1.82, 2.24) is 25.1 Å². The molecule has 2 aliphatic heterocycles. The lowest BCUT2D eigenvalue weighted by atomic mass is 10.0. The minimum Gasteiger partial charge on any atom is -0.481 e. The van der Waals surface area contributed by atoms with Crippen molar-refractivity contribution in [2.75, 3.05) is 39.4 Å². The topological polar surface area (TPSA) is 123 Å². The summed E-state index contributed by atoms with van der Waals surface area (Å²) in [4.78, 5) is 54.2. The molecule has 0 bridgehead atoms. The first-order chi connectivity index (χ1) is 17.4. The minimum absolute atomic E-state index is 0.0208. The Bertz CT molecular complexity index is 981. The van der Waals surface area contributed by atoms with E-state index in [2.05, 4.69) is 11.2 Å². The maximum absolute atomic E-state index is 13.4. The number of ether oxygens (including phenoxy) is 1. The van der Waals surface area contributed by atoms with Gasteiger partial charge in [-0.05, 0) is 25.3 Å². The van der Waals surface area contributed by atoms with Gasteiger partial charge in [0.2, 0.25) is 11.8 Å². The summed E-state index contributed by atoms with van der Waals surface area (Å²) in [6.45, 7) is 3.42. The quantitative estimate of drug-likeness (QED) is 0.340. The fourth-order valence-corrected chi connectivity index (χ4v) is 4.53. The number of hydrogen-bond acceptors (Lipinski definition) is 6. The molecule has 36 heavy (non-hydrogen) atoms. The number of fused-ring (bicyclic) bond motifs is 1. The van der Waals surface area contributed by atoms with Crippen LogP contribution < -0.4 is 5.32 Å². The molecule has 1 aromatic rings. The molecule has 1 aromatic carbocycles. The largest absolute Gasteiger partial charge is 0.481 e. The maximum atomic E-state index is 13.4. The van der Waals surface area contributed by atoms with Crippen LogP contribution in [0.5, 0.6) is 0 Å². The van der Waals surface area contributed by atoms with Crippen LogP contribution in [0.25, 0.3) is 0 Å². The molecular weight excluding hydrogens is 466 g/mol. The molecule has 0 spiro atoms. The molecule has 2 aliphatic rings. The molecule has 1 unspecified atom stereocenters. The fraction of sp³-hybridized carbons (Fsp3) is 0.520. The van der Waals surface area contributed by atoms with Crippen LogP contribution in [0.2, 0.25) is 0 Å². The predicted molar refractivity (Wildman–Crippen MR) is 130 cm³/mol. The summed E-state index contributed by atoms with van der Waals surface area (Å²) in [7, 11) is 0. The van der Waals surface area contributed by atoms with E-state index in [0.717, 1.165) is 5.56 Å². The van der Waals surface area contributed by atoms with Gasteiger partial charge in [-0.3, -0.25) is 14.4 Å². The van der Waals surface area contributed by atoms with Crippen LogP contribution in [-0.4, -0.2) is 100 Å². The third-order valence-electron chi connectivity index (χ3n) is 6.15. The van der Waals surface area contributed by atoms with Crippen molar-refractivity contribution in [3.63, 3.8) is 0 Å². The van der Waals surface area contributed by atoms with Gasteiger partial charge in [0.15, 0.2) is 0 Å².